The molecule has 0 saturated carbocycles. The number of Topliss-reactive ketones (excluding diaryl/α,β-unsaturated/α-hetero) is 1. The third-order valence-electron chi connectivity index (χ3n) is 12.0. The smallest absolute Gasteiger partial charge is 0.312 e. The van der Waals surface area contributed by atoms with E-state index in [1.807, 2.05) is 25.8 Å². The fraction of sp³-hybridized carbons (Fsp3) is 0.565. The molecule has 16 nitrogen and oxygen atoms in total. The van der Waals surface area contributed by atoms with Crippen LogP contribution in [0.5, 0.6) is 23.0 Å². The van der Waals surface area contributed by atoms with Crippen molar-refractivity contribution in [3.8, 4) is 23.0 Å². The maximum absolute atomic E-state index is 14.6. The summed E-state index contributed by atoms with van der Waals surface area (Å²) in [5, 5.41) is 52.2. The second-order valence-electron chi connectivity index (χ2n) is 16.3. The van der Waals surface area contributed by atoms with Gasteiger partial charge in [-0.1, -0.05) is 66.7 Å². The van der Waals surface area contributed by atoms with Crippen LogP contribution in [0.1, 0.15) is 91.6 Å². The van der Waals surface area contributed by atoms with Crippen molar-refractivity contribution in [3.63, 3.8) is 0 Å². The van der Waals surface area contributed by atoms with Crippen molar-refractivity contribution in [3.05, 3.63) is 53.3 Å². The molecule has 5 N–H and O–H groups in total. The number of aliphatic hydroxyl groups excluding tert-OH is 2. The number of anilines is 1. The van der Waals surface area contributed by atoms with E-state index in [2.05, 4.69) is 5.32 Å². The van der Waals surface area contributed by atoms with E-state index in [-0.39, 0.29) is 44.7 Å². The largest absolute Gasteiger partial charge is 0.507 e. The first-order valence-corrected chi connectivity index (χ1v) is 21.2. The second-order valence-corrected chi connectivity index (χ2v) is 16.3. The highest BCUT2D eigenvalue weighted by Crippen LogP contribution is 2.54. The van der Waals surface area contributed by atoms with Crippen molar-refractivity contribution in [2.24, 2.45) is 23.7 Å². The van der Waals surface area contributed by atoms with E-state index in [1.54, 1.807) is 44.9 Å². The van der Waals surface area contributed by atoms with Crippen LogP contribution in [0.25, 0.3) is 10.8 Å². The molecule has 0 spiro atoms. The van der Waals surface area contributed by atoms with Crippen LogP contribution in [0.2, 0.25) is 0 Å². The Morgan fingerprint density at radius 2 is 1.60 bits per heavy atom. The van der Waals surface area contributed by atoms with Gasteiger partial charge in [0, 0.05) is 86.9 Å². The standard InChI is InChI=1S/C46H65N3O13/c1-13-20-49(48(14-2)15-3)34(51)23-59-33-22-31-41(55)36-35(33)37-43(29(9)40(36)54)62-46(11,44(37)56)60-21-19-32(58-12)26(6)42(61-30(10)50)28(8)39(53)27(7)38(52)24(4)17-16-18-25(5)45(57)47-31/h16-19,21-22,24,26-28,32,38-39,42,52-55H,13-15,20,23H2,1-12H3,(H,47,57)/b17-16+,21-19+,25-18-/t24-,26+,27-,28-,32+,38+,39-,42+,46+/m1/s1. The van der Waals surface area contributed by atoms with Crippen molar-refractivity contribution in [1.29, 1.82) is 0 Å². The number of ether oxygens (including phenoxy) is 5. The summed E-state index contributed by atoms with van der Waals surface area (Å²) in [7, 11) is 1.44. The van der Waals surface area contributed by atoms with Crippen molar-refractivity contribution in [2.75, 3.05) is 38.7 Å². The monoisotopic (exact) mass is 867 g/mol. The van der Waals surface area contributed by atoms with Crippen molar-refractivity contribution < 1.29 is 63.3 Å². The van der Waals surface area contributed by atoms with E-state index in [0.29, 0.717) is 26.1 Å². The molecule has 0 unspecified atom stereocenters. The first kappa shape index (κ1) is 49.5. The minimum absolute atomic E-state index is 0.0602. The average Bonchev–Trinajstić information content (AvgIpc) is 3.50. The summed E-state index contributed by atoms with van der Waals surface area (Å²) < 4.78 is 30.0. The summed E-state index contributed by atoms with van der Waals surface area (Å²) in [4.78, 5) is 54.4. The number of esters is 1. The number of carbonyl (C=O) groups is 4. The van der Waals surface area contributed by atoms with Crippen LogP contribution < -0.4 is 14.8 Å². The average molecular weight is 868 g/mol. The van der Waals surface area contributed by atoms with Crippen LogP contribution in [-0.4, -0.2) is 118 Å². The van der Waals surface area contributed by atoms with Gasteiger partial charge < -0.3 is 49.4 Å². The Balaban J connectivity index is 1.94. The molecule has 3 heterocycles. The molecule has 2 aromatic carbocycles. The Labute approximate surface area is 364 Å². The fourth-order valence-electron chi connectivity index (χ4n) is 8.16. The topological polar surface area (TPSA) is 214 Å². The molecule has 2 aromatic rings. The number of phenols is 2. The van der Waals surface area contributed by atoms with Crippen molar-refractivity contribution in [1.82, 2.24) is 10.0 Å². The van der Waals surface area contributed by atoms with Gasteiger partial charge in [0.25, 0.3) is 17.6 Å². The minimum Gasteiger partial charge on any atom is -0.507 e. The summed E-state index contributed by atoms with van der Waals surface area (Å²) in [5.41, 5.74) is -0.0197. The maximum Gasteiger partial charge on any atom is 0.312 e. The Bertz CT molecular complexity index is 2080. The van der Waals surface area contributed by atoms with E-state index in [4.69, 9.17) is 23.7 Å². The number of ketones is 1. The van der Waals surface area contributed by atoms with Crippen LogP contribution in [0.15, 0.2) is 42.2 Å². The third-order valence-corrected chi connectivity index (χ3v) is 12.0. The Morgan fingerprint density at radius 1 is 0.935 bits per heavy atom. The number of methoxy groups -OCH3 is 1. The number of nitrogens with zero attached hydrogens (tertiary/aromatic N) is 2. The molecule has 0 radical (unpaired) electrons. The van der Waals surface area contributed by atoms with Crippen molar-refractivity contribution in [2.45, 2.75) is 113 Å². The lowest BCUT2D eigenvalue weighted by molar-refractivity contribution is -0.160. The fourth-order valence-corrected chi connectivity index (χ4v) is 8.16. The number of hydrogen-bond donors (Lipinski definition) is 5. The molecule has 3 aliphatic heterocycles. The highest BCUT2D eigenvalue weighted by atomic mass is 16.7. The highest BCUT2D eigenvalue weighted by Gasteiger charge is 2.50. The lowest BCUT2D eigenvalue weighted by Crippen LogP contribution is -2.48. The summed E-state index contributed by atoms with van der Waals surface area (Å²) >= 11 is 0. The molecular weight excluding hydrogens is 803 g/mol. The number of fused-ring (bicyclic) bond motifs is 14. The summed E-state index contributed by atoms with van der Waals surface area (Å²) in [6, 6.07) is 1.28. The van der Waals surface area contributed by atoms with Gasteiger partial charge in [-0.2, -0.15) is 0 Å². The zero-order valence-electron chi connectivity index (χ0n) is 38.0. The van der Waals surface area contributed by atoms with E-state index in [0.717, 1.165) is 0 Å². The van der Waals surface area contributed by atoms with Gasteiger partial charge in [0.15, 0.2) is 12.4 Å². The first-order valence-electron chi connectivity index (χ1n) is 21.2. The summed E-state index contributed by atoms with van der Waals surface area (Å²) in [6.45, 7) is 19.4. The number of carbonyl (C=O) groups excluding carboxylic acids is 4. The second kappa shape index (κ2) is 20.8. The number of aliphatic hydroxyl groups is 2. The zero-order chi connectivity index (χ0) is 46.4. The van der Waals surface area contributed by atoms with Gasteiger partial charge in [0.05, 0.1) is 41.2 Å². The van der Waals surface area contributed by atoms with E-state index in [1.165, 1.54) is 59.3 Å². The molecule has 0 fully saturated rings. The van der Waals surface area contributed by atoms with E-state index in [9.17, 15) is 39.6 Å². The number of hydrazine groups is 1. The number of aromatic hydroxyl groups is 2. The number of rotatable bonds is 10. The Kier molecular flexibility index (Phi) is 16.6. The molecule has 5 bridgehead atoms. The molecule has 2 amide bonds. The molecule has 5 rings (SSSR count). The van der Waals surface area contributed by atoms with Gasteiger partial charge in [-0.25, -0.2) is 5.01 Å². The zero-order valence-corrected chi connectivity index (χ0v) is 38.0. The van der Waals surface area contributed by atoms with Gasteiger partial charge in [-0.3, -0.25) is 24.2 Å². The maximum atomic E-state index is 14.6. The van der Waals surface area contributed by atoms with Crippen LogP contribution in [-0.2, 0) is 28.6 Å². The quantitative estimate of drug-likeness (QED) is 0.107. The van der Waals surface area contributed by atoms with Crippen LogP contribution in [0.3, 0.4) is 0 Å². The number of nitrogens with one attached hydrogen (secondary N) is 1. The number of benzene rings is 2. The first-order chi connectivity index (χ1) is 29.2. The normalized spacial score (nSPS) is 29.0. The molecule has 9 atom stereocenters. The van der Waals surface area contributed by atoms with Gasteiger partial charge in [-0.05, 0) is 26.3 Å². The molecule has 0 aliphatic carbocycles. The number of hydrogen-bond acceptors (Lipinski definition) is 14. The van der Waals surface area contributed by atoms with Gasteiger partial charge >= 0.3 is 11.8 Å². The van der Waals surface area contributed by atoms with Crippen LogP contribution >= 0.6 is 0 Å². The Morgan fingerprint density at radius 3 is 2.19 bits per heavy atom. The van der Waals surface area contributed by atoms with Gasteiger partial charge in [-0.15, -0.1) is 0 Å². The van der Waals surface area contributed by atoms with Crippen molar-refractivity contribution >= 4 is 40.0 Å². The number of allylic oxidation sites excluding steroid dienone is 2. The van der Waals surface area contributed by atoms with E-state index < -0.39 is 95.5 Å². The molecule has 342 valence electrons. The van der Waals surface area contributed by atoms with Crippen LogP contribution in [0.4, 0.5) is 5.69 Å². The van der Waals surface area contributed by atoms with Gasteiger partial charge in [0.2, 0.25) is 0 Å². The summed E-state index contributed by atoms with van der Waals surface area (Å²) in [5.74, 6) is -8.09. The molecule has 0 aromatic heterocycles. The minimum atomic E-state index is -2.04. The summed E-state index contributed by atoms with van der Waals surface area (Å²) in [6.07, 6.45) is 4.27. The molecule has 62 heavy (non-hydrogen) atoms. The van der Waals surface area contributed by atoms with Gasteiger partial charge in [0.1, 0.15) is 23.4 Å². The van der Waals surface area contributed by atoms with E-state index >= 15 is 0 Å². The number of phenolic OH excluding ortho intramolecular Hbond substituents is 2. The lowest BCUT2D eigenvalue weighted by Gasteiger charge is -2.38. The van der Waals surface area contributed by atoms with Crippen LogP contribution in [0, 0.1) is 30.6 Å². The predicted molar refractivity (Wildman–Crippen MR) is 233 cm³/mol. The number of amides is 2. The molecule has 16 heteroatoms. The molecule has 3 aliphatic rings. The molecule has 0 saturated heterocycles. The highest BCUT2D eigenvalue weighted by molar-refractivity contribution is 6.21. The SMILES string of the molecule is CCCN(C(=O)COc1cc2c(O)c3c(O)c(C)c4c(c13)C(=O)[C@@](C)(O/C=C/[C@H](OC)[C@H](C)[C@H](OC(C)=O)[C@H](C)[C@H](O)[C@H](C)[C@@H](O)[C@H](C)/C=C/C=C(/C)C(=O)N2)O4)N(CC)CC. The lowest BCUT2D eigenvalue weighted by atomic mass is 9.78. The predicted octanol–water partition coefficient (Wildman–Crippen LogP) is 5.92. The molecular formula is C46H65N3O13. The Hall–Kier alpha value is -5.16. The third kappa shape index (κ3) is 10.2.